The van der Waals surface area contributed by atoms with Crippen molar-refractivity contribution < 1.29 is 43.2 Å². The molecule has 1 aliphatic heterocycles. The molecular weight excluding hydrogens is 666 g/mol. The first-order valence-electron chi connectivity index (χ1n) is 17.7. The Kier molecular flexibility index (Phi) is 14.8. The lowest BCUT2D eigenvalue weighted by molar-refractivity contribution is -0.148. The van der Waals surface area contributed by atoms with Crippen LogP contribution < -0.4 is 16.0 Å². The standard InChI is InChI=1S/C40H47N3O9/c44-20-22-49-21-19-41-37(45)23-29-13-5-2-6-18-36(39(47)51-26-30(42-38(29)46)25-50-24-28-11-3-1-4-12-28)43-40(48)52-27-35-33-16-9-7-14-31(33)32-15-8-10-17-34(32)35/h1-5,7-12,14-17,29-30,35-36,44H,6,13,18-27H2,(H,41,45)(H,42,46)(H,43,48)/t29-,30+,36+/m1/s1. The molecule has 4 N–H and O–H groups in total. The molecule has 3 atom stereocenters. The van der Waals surface area contributed by atoms with Crippen molar-refractivity contribution in [2.45, 2.75) is 50.3 Å². The highest BCUT2D eigenvalue weighted by Gasteiger charge is 2.31. The van der Waals surface area contributed by atoms with Crippen LogP contribution in [0.5, 0.6) is 0 Å². The van der Waals surface area contributed by atoms with Gasteiger partial charge >= 0.3 is 12.1 Å². The maximum atomic E-state index is 13.5. The normalized spacial score (nSPS) is 19.1. The highest BCUT2D eigenvalue weighted by atomic mass is 16.6. The van der Waals surface area contributed by atoms with E-state index in [1.54, 1.807) is 6.08 Å². The maximum absolute atomic E-state index is 13.5. The number of ether oxygens (including phenoxy) is 4. The summed E-state index contributed by atoms with van der Waals surface area (Å²) in [5.74, 6) is -2.20. The van der Waals surface area contributed by atoms with Gasteiger partial charge in [0, 0.05) is 18.9 Å². The molecule has 3 amide bonds. The minimum atomic E-state index is -1.00. The Bertz CT molecular complexity index is 1620. The predicted octanol–water partition coefficient (Wildman–Crippen LogP) is 4.01. The van der Waals surface area contributed by atoms with Gasteiger partial charge in [0.15, 0.2) is 0 Å². The third-order valence-corrected chi connectivity index (χ3v) is 8.94. The maximum Gasteiger partial charge on any atom is 0.407 e. The summed E-state index contributed by atoms with van der Waals surface area (Å²) in [5, 5.41) is 17.2. The number of fused-ring (bicyclic) bond motifs is 3. The lowest BCUT2D eigenvalue weighted by atomic mass is 9.98. The minimum Gasteiger partial charge on any atom is -0.462 e. The Hall–Kier alpha value is -5.04. The molecule has 5 rings (SSSR count). The van der Waals surface area contributed by atoms with Gasteiger partial charge in [0.05, 0.1) is 45.0 Å². The Labute approximate surface area is 303 Å². The summed E-state index contributed by atoms with van der Waals surface area (Å²) in [6.07, 6.45) is 3.72. The first-order chi connectivity index (χ1) is 25.4. The van der Waals surface area contributed by atoms with Gasteiger partial charge in [-0.15, -0.1) is 0 Å². The summed E-state index contributed by atoms with van der Waals surface area (Å²) in [4.78, 5) is 52.7. The molecule has 0 saturated heterocycles. The van der Waals surface area contributed by atoms with E-state index in [2.05, 4.69) is 28.1 Å². The number of aliphatic hydroxyl groups excluding tert-OH is 1. The van der Waals surface area contributed by atoms with Gasteiger partial charge in [-0.25, -0.2) is 9.59 Å². The van der Waals surface area contributed by atoms with Crippen molar-refractivity contribution in [1.82, 2.24) is 16.0 Å². The van der Waals surface area contributed by atoms with Crippen LogP contribution in [0.1, 0.15) is 48.3 Å². The average molecular weight is 714 g/mol. The van der Waals surface area contributed by atoms with Crippen LogP contribution in [0.15, 0.2) is 91.0 Å². The van der Waals surface area contributed by atoms with Crippen molar-refractivity contribution in [1.29, 1.82) is 0 Å². The molecule has 1 aliphatic carbocycles. The number of rotatable bonds is 14. The van der Waals surface area contributed by atoms with Crippen LogP contribution in [0.25, 0.3) is 11.1 Å². The van der Waals surface area contributed by atoms with Crippen molar-refractivity contribution in [3.05, 3.63) is 108 Å². The molecule has 0 spiro atoms. The van der Waals surface area contributed by atoms with Gasteiger partial charge in [0.1, 0.15) is 19.3 Å². The number of amides is 3. The molecule has 276 valence electrons. The number of alkyl carbamates (subject to hydrolysis) is 1. The summed E-state index contributed by atoms with van der Waals surface area (Å²) >= 11 is 0. The topological polar surface area (TPSA) is 162 Å². The molecule has 0 unspecified atom stereocenters. The second-order valence-electron chi connectivity index (χ2n) is 12.7. The Balaban J connectivity index is 1.22. The van der Waals surface area contributed by atoms with Crippen LogP contribution in [0.3, 0.4) is 0 Å². The number of hydrogen-bond donors (Lipinski definition) is 4. The third kappa shape index (κ3) is 11.2. The summed E-state index contributed by atoms with van der Waals surface area (Å²) < 4.78 is 22.5. The summed E-state index contributed by atoms with van der Waals surface area (Å²) in [7, 11) is 0. The molecule has 12 heteroatoms. The Morgan fingerprint density at radius 3 is 2.31 bits per heavy atom. The molecule has 12 nitrogen and oxygen atoms in total. The average Bonchev–Trinajstić information content (AvgIpc) is 3.48. The zero-order valence-electron chi connectivity index (χ0n) is 29.2. The van der Waals surface area contributed by atoms with Crippen LogP contribution in [0, 0.1) is 5.92 Å². The molecule has 0 fully saturated rings. The molecule has 3 aromatic rings. The molecule has 3 aromatic carbocycles. The fourth-order valence-electron chi connectivity index (χ4n) is 6.31. The molecule has 52 heavy (non-hydrogen) atoms. The summed E-state index contributed by atoms with van der Waals surface area (Å²) in [6.45, 7) is 0.741. The lowest BCUT2D eigenvalue weighted by Crippen LogP contribution is -2.47. The first-order valence-corrected chi connectivity index (χ1v) is 17.7. The van der Waals surface area contributed by atoms with Crippen LogP contribution >= 0.6 is 0 Å². The van der Waals surface area contributed by atoms with Gasteiger partial charge in [-0.2, -0.15) is 0 Å². The molecule has 2 aliphatic rings. The Morgan fingerprint density at radius 1 is 0.865 bits per heavy atom. The van der Waals surface area contributed by atoms with E-state index >= 15 is 0 Å². The fraction of sp³-hybridized carbons (Fsp3) is 0.400. The number of esters is 1. The number of carbonyl (C=O) groups is 4. The van der Waals surface area contributed by atoms with Crippen molar-refractivity contribution in [2.24, 2.45) is 5.92 Å². The first kappa shape index (κ1) is 38.2. The van der Waals surface area contributed by atoms with E-state index in [1.807, 2.05) is 72.8 Å². The third-order valence-electron chi connectivity index (χ3n) is 8.94. The van der Waals surface area contributed by atoms with Crippen LogP contribution in [0.4, 0.5) is 4.79 Å². The second-order valence-corrected chi connectivity index (χ2v) is 12.7. The van der Waals surface area contributed by atoms with Gasteiger partial charge in [-0.1, -0.05) is 91.0 Å². The summed E-state index contributed by atoms with van der Waals surface area (Å²) in [5.41, 5.74) is 5.31. The number of nitrogens with one attached hydrogen (secondary N) is 3. The predicted molar refractivity (Wildman–Crippen MR) is 193 cm³/mol. The highest BCUT2D eigenvalue weighted by Crippen LogP contribution is 2.44. The molecule has 0 aromatic heterocycles. The largest absolute Gasteiger partial charge is 0.462 e. The van der Waals surface area contributed by atoms with Gasteiger partial charge in [-0.3, -0.25) is 9.59 Å². The fourth-order valence-corrected chi connectivity index (χ4v) is 6.31. The van der Waals surface area contributed by atoms with E-state index in [9.17, 15) is 19.2 Å². The van der Waals surface area contributed by atoms with Gasteiger partial charge in [0.2, 0.25) is 11.8 Å². The van der Waals surface area contributed by atoms with E-state index in [0.717, 1.165) is 27.8 Å². The highest BCUT2D eigenvalue weighted by molar-refractivity contribution is 5.86. The van der Waals surface area contributed by atoms with Crippen LogP contribution in [-0.4, -0.2) is 87.3 Å². The monoisotopic (exact) mass is 713 g/mol. The molecule has 0 radical (unpaired) electrons. The van der Waals surface area contributed by atoms with Gasteiger partial charge < -0.3 is 40.0 Å². The zero-order chi connectivity index (χ0) is 36.5. The number of allylic oxidation sites excluding steroid dienone is 2. The lowest BCUT2D eigenvalue weighted by Gasteiger charge is -2.23. The SMILES string of the molecule is O=C(C[C@H]1CC=CCC[C@H](NC(=O)OCC2c3ccccc3-c3ccccc32)C(=O)OC[C@H](COCc2ccccc2)NC1=O)NCCOCCO. The van der Waals surface area contributed by atoms with Crippen molar-refractivity contribution in [3.63, 3.8) is 0 Å². The van der Waals surface area contributed by atoms with Crippen LogP contribution in [0.2, 0.25) is 0 Å². The summed E-state index contributed by atoms with van der Waals surface area (Å²) in [6, 6.07) is 23.9. The number of carbonyl (C=O) groups excluding carboxylic acids is 4. The van der Waals surface area contributed by atoms with Gasteiger partial charge in [-0.05, 0) is 47.1 Å². The minimum absolute atomic E-state index is 0.0370. The van der Waals surface area contributed by atoms with E-state index in [4.69, 9.17) is 24.1 Å². The zero-order valence-corrected chi connectivity index (χ0v) is 29.2. The molecule has 0 bridgehead atoms. The van der Waals surface area contributed by atoms with Crippen molar-refractivity contribution in [3.8, 4) is 11.1 Å². The molecule has 1 heterocycles. The van der Waals surface area contributed by atoms with E-state index in [0.29, 0.717) is 6.42 Å². The Morgan fingerprint density at radius 2 is 1.58 bits per heavy atom. The van der Waals surface area contributed by atoms with E-state index in [1.165, 1.54) is 0 Å². The molecule has 0 saturated carbocycles. The van der Waals surface area contributed by atoms with E-state index < -0.39 is 30.1 Å². The quantitative estimate of drug-likeness (QED) is 0.110. The molecular formula is C40H47N3O9. The second kappa shape index (κ2) is 20.1. The number of aliphatic hydroxyl groups is 1. The van der Waals surface area contributed by atoms with Crippen molar-refractivity contribution >= 4 is 23.9 Å². The number of cyclic esters (lactones) is 1. The number of benzene rings is 3. The van der Waals surface area contributed by atoms with E-state index in [-0.39, 0.29) is 89.8 Å². The number of hydrogen-bond acceptors (Lipinski definition) is 9. The van der Waals surface area contributed by atoms with Crippen LogP contribution in [-0.2, 0) is 39.9 Å². The smallest absolute Gasteiger partial charge is 0.407 e. The van der Waals surface area contributed by atoms with Crippen molar-refractivity contribution in [2.75, 3.05) is 46.2 Å². The van der Waals surface area contributed by atoms with Gasteiger partial charge in [0.25, 0.3) is 0 Å².